The van der Waals surface area contributed by atoms with Crippen LogP contribution in [0.4, 0.5) is 0 Å². The zero-order chi connectivity index (χ0) is 13.8. The molecule has 100 valence electrons. The Hall–Kier alpha value is -1.87. The number of hydrogen-bond donors (Lipinski definition) is 1. The predicted octanol–water partition coefficient (Wildman–Crippen LogP) is 3.30. The van der Waals surface area contributed by atoms with Crippen LogP contribution in [-0.2, 0) is 6.54 Å². The third kappa shape index (κ3) is 3.32. The summed E-state index contributed by atoms with van der Waals surface area (Å²) >= 11 is 0. The fourth-order valence-electron chi connectivity index (χ4n) is 1.94. The maximum absolute atomic E-state index is 5.65. The summed E-state index contributed by atoms with van der Waals surface area (Å²) < 4.78 is 5.63. The molecule has 0 bridgehead atoms. The van der Waals surface area contributed by atoms with Crippen LogP contribution in [-0.4, -0.2) is 11.1 Å². The van der Waals surface area contributed by atoms with E-state index >= 15 is 0 Å². The van der Waals surface area contributed by atoms with Gasteiger partial charge in [0.25, 0.3) is 0 Å². The summed E-state index contributed by atoms with van der Waals surface area (Å²) in [7, 11) is 0. The number of rotatable bonds is 4. The van der Waals surface area contributed by atoms with Crippen molar-refractivity contribution in [3.63, 3.8) is 0 Å². The lowest BCUT2D eigenvalue weighted by molar-refractivity contribution is 0.242. The van der Waals surface area contributed by atoms with Crippen molar-refractivity contribution in [2.75, 3.05) is 0 Å². The number of nitrogens with zero attached hydrogens (tertiary/aromatic N) is 1. The molecule has 0 spiro atoms. The van der Waals surface area contributed by atoms with Gasteiger partial charge in [0.1, 0.15) is 5.75 Å². The first-order valence-corrected chi connectivity index (χ1v) is 6.54. The largest absolute Gasteiger partial charge is 0.491 e. The monoisotopic (exact) mass is 256 g/mol. The summed E-state index contributed by atoms with van der Waals surface area (Å²) in [6, 6.07) is 12.1. The van der Waals surface area contributed by atoms with Gasteiger partial charge in [0.05, 0.1) is 11.8 Å². The second-order valence-electron chi connectivity index (χ2n) is 4.84. The van der Waals surface area contributed by atoms with Crippen molar-refractivity contribution in [2.45, 2.75) is 33.4 Å². The van der Waals surface area contributed by atoms with Gasteiger partial charge in [-0.2, -0.15) is 0 Å². The molecule has 0 atom stereocenters. The van der Waals surface area contributed by atoms with Gasteiger partial charge in [-0.05, 0) is 56.7 Å². The Morgan fingerprint density at radius 3 is 2.32 bits per heavy atom. The van der Waals surface area contributed by atoms with E-state index in [-0.39, 0.29) is 6.10 Å². The Labute approximate surface area is 114 Å². The van der Waals surface area contributed by atoms with Gasteiger partial charge < -0.3 is 10.5 Å². The van der Waals surface area contributed by atoms with Gasteiger partial charge in [-0.25, -0.2) is 0 Å². The highest BCUT2D eigenvalue weighted by molar-refractivity contribution is 5.60. The topological polar surface area (TPSA) is 48.1 Å². The Morgan fingerprint density at radius 1 is 1.11 bits per heavy atom. The maximum Gasteiger partial charge on any atom is 0.119 e. The molecule has 2 rings (SSSR count). The first-order valence-electron chi connectivity index (χ1n) is 6.54. The highest BCUT2D eigenvalue weighted by Gasteiger charge is 2.04. The van der Waals surface area contributed by atoms with Crippen LogP contribution in [0.3, 0.4) is 0 Å². The molecule has 19 heavy (non-hydrogen) atoms. The van der Waals surface area contributed by atoms with Gasteiger partial charge in [-0.15, -0.1) is 0 Å². The molecule has 0 aliphatic heterocycles. The molecule has 0 unspecified atom stereocenters. The van der Waals surface area contributed by atoms with Crippen molar-refractivity contribution < 1.29 is 4.74 Å². The van der Waals surface area contributed by atoms with Gasteiger partial charge in [-0.1, -0.05) is 6.07 Å². The Kier molecular flexibility index (Phi) is 4.17. The standard InChI is InChI=1S/C16H20N2O/c1-11(2)19-15-7-4-13(5-8-15)16-9-6-14(10-17)12(3)18-16/h4-9,11H,10,17H2,1-3H3. The molecular formula is C16H20N2O. The molecule has 1 aromatic carbocycles. The second kappa shape index (κ2) is 5.85. The number of aromatic nitrogens is 1. The molecule has 0 aliphatic rings. The quantitative estimate of drug-likeness (QED) is 0.913. The highest BCUT2D eigenvalue weighted by Crippen LogP contribution is 2.22. The van der Waals surface area contributed by atoms with Crippen molar-refractivity contribution in [1.29, 1.82) is 0 Å². The Bertz CT molecular complexity index is 547. The molecule has 3 heteroatoms. The van der Waals surface area contributed by atoms with E-state index in [0.29, 0.717) is 6.54 Å². The third-order valence-corrected chi connectivity index (χ3v) is 2.94. The molecular weight excluding hydrogens is 236 g/mol. The van der Waals surface area contributed by atoms with Gasteiger partial charge in [0.15, 0.2) is 0 Å². The van der Waals surface area contributed by atoms with E-state index < -0.39 is 0 Å². The zero-order valence-corrected chi connectivity index (χ0v) is 11.7. The molecule has 1 aromatic heterocycles. The second-order valence-corrected chi connectivity index (χ2v) is 4.84. The van der Waals surface area contributed by atoms with Gasteiger partial charge in [0, 0.05) is 17.8 Å². The summed E-state index contributed by atoms with van der Waals surface area (Å²) in [4.78, 5) is 4.58. The maximum atomic E-state index is 5.65. The number of nitrogens with two attached hydrogens (primary N) is 1. The number of hydrogen-bond acceptors (Lipinski definition) is 3. The molecule has 2 N–H and O–H groups in total. The summed E-state index contributed by atoms with van der Waals surface area (Å²) in [5.74, 6) is 0.883. The number of pyridine rings is 1. The first kappa shape index (κ1) is 13.6. The number of benzene rings is 1. The van der Waals surface area contributed by atoms with Gasteiger partial charge >= 0.3 is 0 Å². The lowest BCUT2D eigenvalue weighted by atomic mass is 10.1. The van der Waals surface area contributed by atoms with Crippen LogP contribution in [0.25, 0.3) is 11.3 Å². The summed E-state index contributed by atoms with van der Waals surface area (Å²) in [5.41, 5.74) is 9.77. The minimum Gasteiger partial charge on any atom is -0.491 e. The van der Waals surface area contributed by atoms with E-state index in [1.54, 1.807) is 0 Å². The van der Waals surface area contributed by atoms with Crippen molar-refractivity contribution in [1.82, 2.24) is 4.98 Å². The SMILES string of the molecule is Cc1nc(-c2ccc(OC(C)C)cc2)ccc1CN. The molecule has 3 nitrogen and oxygen atoms in total. The van der Waals surface area contributed by atoms with E-state index in [1.807, 2.05) is 57.2 Å². The predicted molar refractivity (Wildman–Crippen MR) is 78.1 cm³/mol. The minimum atomic E-state index is 0.190. The summed E-state index contributed by atoms with van der Waals surface area (Å²) in [6.45, 7) is 6.55. The molecule has 0 aliphatic carbocycles. The summed E-state index contributed by atoms with van der Waals surface area (Å²) in [5, 5.41) is 0. The molecule has 0 amide bonds. The molecule has 0 saturated carbocycles. The van der Waals surface area contributed by atoms with Crippen LogP contribution in [0.5, 0.6) is 5.75 Å². The summed E-state index contributed by atoms with van der Waals surface area (Å²) in [6.07, 6.45) is 0.190. The number of ether oxygens (including phenoxy) is 1. The van der Waals surface area contributed by atoms with E-state index in [2.05, 4.69) is 4.98 Å². The van der Waals surface area contributed by atoms with Crippen molar-refractivity contribution >= 4 is 0 Å². The third-order valence-electron chi connectivity index (χ3n) is 2.94. The van der Waals surface area contributed by atoms with E-state index in [9.17, 15) is 0 Å². The molecule has 0 saturated heterocycles. The average Bonchev–Trinajstić information content (AvgIpc) is 2.39. The van der Waals surface area contributed by atoms with Crippen LogP contribution in [0.15, 0.2) is 36.4 Å². The van der Waals surface area contributed by atoms with E-state index in [0.717, 1.165) is 28.3 Å². The van der Waals surface area contributed by atoms with Crippen LogP contribution in [0, 0.1) is 6.92 Å². The average molecular weight is 256 g/mol. The first-order chi connectivity index (χ1) is 9.10. The van der Waals surface area contributed by atoms with Crippen LogP contribution < -0.4 is 10.5 Å². The smallest absolute Gasteiger partial charge is 0.119 e. The lowest BCUT2D eigenvalue weighted by Crippen LogP contribution is -2.05. The van der Waals surface area contributed by atoms with Gasteiger partial charge in [-0.3, -0.25) is 4.98 Å². The van der Waals surface area contributed by atoms with Crippen LogP contribution >= 0.6 is 0 Å². The lowest BCUT2D eigenvalue weighted by Gasteiger charge is -2.10. The molecule has 0 fully saturated rings. The van der Waals surface area contributed by atoms with Crippen LogP contribution in [0.2, 0.25) is 0 Å². The molecule has 2 aromatic rings. The van der Waals surface area contributed by atoms with Crippen molar-refractivity contribution in [2.24, 2.45) is 5.73 Å². The number of aryl methyl sites for hydroxylation is 1. The minimum absolute atomic E-state index is 0.190. The highest BCUT2D eigenvalue weighted by atomic mass is 16.5. The normalized spacial score (nSPS) is 10.8. The van der Waals surface area contributed by atoms with Crippen molar-refractivity contribution in [3.8, 4) is 17.0 Å². The van der Waals surface area contributed by atoms with E-state index in [4.69, 9.17) is 10.5 Å². The molecule has 1 heterocycles. The molecule has 0 radical (unpaired) electrons. The van der Waals surface area contributed by atoms with Crippen LogP contribution in [0.1, 0.15) is 25.1 Å². The fraction of sp³-hybridized carbons (Fsp3) is 0.312. The van der Waals surface area contributed by atoms with E-state index in [1.165, 1.54) is 0 Å². The van der Waals surface area contributed by atoms with Gasteiger partial charge in [0.2, 0.25) is 0 Å². The fourth-order valence-corrected chi connectivity index (χ4v) is 1.94. The Balaban J connectivity index is 2.24. The van der Waals surface area contributed by atoms with Crippen molar-refractivity contribution in [3.05, 3.63) is 47.7 Å². The Morgan fingerprint density at radius 2 is 1.79 bits per heavy atom. The zero-order valence-electron chi connectivity index (χ0n) is 11.7.